The fourth-order valence-corrected chi connectivity index (χ4v) is 4.58. The maximum atomic E-state index is 12.7. The Morgan fingerprint density at radius 3 is 2.50 bits per heavy atom. The summed E-state index contributed by atoms with van der Waals surface area (Å²) in [6.07, 6.45) is 0. The predicted octanol–water partition coefficient (Wildman–Crippen LogP) is 4.87. The van der Waals surface area contributed by atoms with Crippen LogP contribution >= 0.6 is 34.5 Å². The number of hydrogen-bond acceptors (Lipinski definition) is 4. The summed E-state index contributed by atoms with van der Waals surface area (Å²) < 4.78 is 1.14. The van der Waals surface area contributed by atoms with Crippen LogP contribution in [0.1, 0.15) is 15.9 Å². The van der Waals surface area contributed by atoms with Gasteiger partial charge in [-0.05, 0) is 36.8 Å². The molecule has 0 atom stereocenters. The number of carbonyl (C=O) groups excluding carboxylic acids is 1. The fourth-order valence-electron chi connectivity index (χ4n) is 3.13. The van der Waals surface area contributed by atoms with Crippen molar-refractivity contribution < 1.29 is 4.79 Å². The van der Waals surface area contributed by atoms with Crippen molar-refractivity contribution in [1.29, 1.82) is 0 Å². The van der Waals surface area contributed by atoms with Crippen molar-refractivity contribution in [3.05, 3.63) is 57.6 Å². The van der Waals surface area contributed by atoms with Gasteiger partial charge in [0.25, 0.3) is 5.91 Å². The highest BCUT2D eigenvalue weighted by Crippen LogP contribution is 2.34. The van der Waals surface area contributed by atoms with Crippen LogP contribution in [0.5, 0.6) is 0 Å². The van der Waals surface area contributed by atoms with Gasteiger partial charge in [0.1, 0.15) is 0 Å². The molecule has 0 N–H and O–H groups in total. The number of piperazine rings is 1. The molecule has 0 spiro atoms. The van der Waals surface area contributed by atoms with Gasteiger partial charge in [-0.2, -0.15) is 0 Å². The molecule has 3 aromatic rings. The summed E-state index contributed by atoms with van der Waals surface area (Å²) in [5, 5.41) is 2.22. The van der Waals surface area contributed by atoms with Crippen molar-refractivity contribution in [2.75, 3.05) is 31.1 Å². The number of thiazole rings is 1. The minimum absolute atomic E-state index is 0.0119. The van der Waals surface area contributed by atoms with Gasteiger partial charge >= 0.3 is 0 Å². The van der Waals surface area contributed by atoms with E-state index in [1.165, 1.54) is 0 Å². The highest BCUT2D eigenvalue weighted by molar-refractivity contribution is 7.22. The van der Waals surface area contributed by atoms with E-state index in [-0.39, 0.29) is 5.91 Å². The largest absolute Gasteiger partial charge is 0.345 e. The van der Waals surface area contributed by atoms with Crippen LogP contribution in [0.3, 0.4) is 0 Å². The number of anilines is 1. The van der Waals surface area contributed by atoms with Crippen LogP contribution in [0.25, 0.3) is 10.2 Å². The van der Waals surface area contributed by atoms with Gasteiger partial charge in [0, 0.05) is 31.2 Å². The lowest BCUT2D eigenvalue weighted by atomic mass is 10.2. The van der Waals surface area contributed by atoms with Gasteiger partial charge in [0.05, 0.1) is 20.8 Å². The van der Waals surface area contributed by atoms with Gasteiger partial charge in [-0.1, -0.05) is 46.7 Å². The van der Waals surface area contributed by atoms with E-state index in [2.05, 4.69) is 4.90 Å². The van der Waals surface area contributed by atoms with E-state index in [1.54, 1.807) is 23.5 Å². The molecule has 1 aliphatic heterocycles. The van der Waals surface area contributed by atoms with Crippen LogP contribution in [-0.4, -0.2) is 42.0 Å². The molecule has 1 saturated heterocycles. The molecule has 2 heterocycles. The first-order chi connectivity index (χ1) is 12.5. The highest BCUT2D eigenvalue weighted by atomic mass is 35.5. The topological polar surface area (TPSA) is 36.4 Å². The summed E-state index contributed by atoms with van der Waals surface area (Å²) in [4.78, 5) is 21.5. The van der Waals surface area contributed by atoms with E-state index in [1.807, 2.05) is 36.1 Å². The van der Waals surface area contributed by atoms with Crippen LogP contribution in [0.15, 0.2) is 36.4 Å². The van der Waals surface area contributed by atoms with E-state index in [0.717, 1.165) is 39.0 Å². The molecule has 0 aliphatic carbocycles. The molecule has 0 bridgehead atoms. The second-order valence-corrected chi connectivity index (χ2v) is 8.10. The number of carbonyl (C=O) groups is 1. The first kappa shape index (κ1) is 17.6. The molecule has 0 radical (unpaired) electrons. The van der Waals surface area contributed by atoms with Crippen LogP contribution in [-0.2, 0) is 0 Å². The van der Waals surface area contributed by atoms with Crippen molar-refractivity contribution in [3.63, 3.8) is 0 Å². The normalized spacial score (nSPS) is 14.9. The van der Waals surface area contributed by atoms with Crippen LogP contribution in [0.4, 0.5) is 5.13 Å². The molecular weight excluding hydrogens is 389 g/mol. The lowest BCUT2D eigenvalue weighted by Gasteiger charge is -2.34. The second-order valence-electron chi connectivity index (χ2n) is 6.27. The number of rotatable bonds is 2. The van der Waals surface area contributed by atoms with E-state index in [9.17, 15) is 4.79 Å². The third-order valence-electron chi connectivity index (χ3n) is 4.68. The van der Waals surface area contributed by atoms with Gasteiger partial charge in [0.15, 0.2) is 5.13 Å². The second kappa shape index (κ2) is 7.06. The SMILES string of the molecule is Cc1c(Cl)ccc2sc(N3CCN(C(=O)c4ccccc4Cl)CC3)nc12. The molecule has 7 heteroatoms. The Labute approximate surface area is 166 Å². The third-order valence-corrected chi connectivity index (χ3v) is 6.50. The molecular formula is C19H17Cl2N3OS. The Bertz CT molecular complexity index is 980. The summed E-state index contributed by atoms with van der Waals surface area (Å²) in [7, 11) is 0. The molecule has 4 nitrogen and oxygen atoms in total. The summed E-state index contributed by atoms with van der Waals surface area (Å²) in [5.41, 5.74) is 2.54. The van der Waals surface area contributed by atoms with Crippen molar-refractivity contribution in [2.24, 2.45) is 0 Å². The number of amides is 1. The zero-order chi connectivity index (χ0) is 18.3. The minimum atomic E-state index is -0.0119. The fraction of sp³-hybridized carbons (Fsp3) is 0.263. The molecule has 0 unspecified atom stereocenters. The monoisotopic (exact) mass is 405 g/mol. The van der Waals surface area contributed by atoms with Crippen molar-refractivity contribution in [1.82, 2.24) is 9.88 Å². The van der Waals surface area contributed by atoms with E-state index in [4.69, 9.17) is 28.2 Å². The van der Waals surface area contributed by atoms with Crippen LogP contribution < -0.4 is 4.90 Å². The van der Waals surface area contributed by atoms with E-state index in [0.29, 0.717) is 23.7 Å². The molecule has 26 heavy (non-hydrogen) atoms. The third kappa shape index (κ3) is 3.15. The van der Waals surface area contributed by atoms with E-state index < -0.39 is 0 Å². The first-order valence-corrected chi connectivity index (χ1v) is 9.96. The van der Waals surface area contributed by atoms with Gasteiger partial charge < -0.3 is 9.80 Å². The number of aryl methyl sites for hydroxylation is 1. The van der Waals surface area contributed by atoms with Crippen LogP contribution in [0.2, 0.25) is 10.0 Å². The number of benzene rings is 2. The van der Waals surface area contributed by atoms with Crippen LogP contribution in [0, 0.1) is 6.92 Å². The number of nitrogens with zero attached hydrogens (tertiary/aromatic N) is 3. The standard InChI is InChI=1S/C19H17Cl2N3OS/c1-12-14(20)6-7-16-17(12)22-19(26-16)24-10-8-23(9-11-24)18(25)13-4-2-3-5-15(13)21/h2-7H,8-11H2,1H3. The number of halogens is 2. The number of fused-ring (bicyclic) bond motifs is 1. The molecule has 134 valence electrons. The zero-order valence-corrected chi connectivity index (χ0v) is 16.5. The van der Waals surface area contributed by atoms with Crippen molar-refractivity contribution in [2.45, 2.75) is 6.92 Å². The molecule has 1 amide bonds. The summed E-state index contributed by atoms with van der Waals surface area (Å²) in [6, 6.07) is 11.1. The number of aromatic nitrogens is 1. The molecule has 0 saturated carbocycles. The maximum Gasteiger partial charge on any atom is 0.255 e. The van der Waals surface area contributed by atoms with Crippen molar-refractivity contribution in [3.8, 4) is 0 Å². The van der Waals surface area contributed by atoms with E-state index >= 15 is 0 Å². The highest BCUT2D eigenvalue weighted by Gasteiger charge is 2.25. The summed E-state index contributed by atoms with van der Waals surface area (Å²) in [6.45, 7) is 4.80. The average molecular weight is 406 g/mol. The zero-order valence-electron chi connectivity index (χ0n) is 14.2. The van der Waals surface area contributed by atoms with Gasteiger partial charge in [-0.15, -0.1) is 0 Å². The van der Waals surface area contributed by atoms with Gasteiger partial charge in [-0.25, -0.2) is 4.98 Å². The molecule has 1 fully saturated rings. The molecule has 4 rings (SSSR count). The van der Waals surface area contributed by atoms with Gasteiger partial charge in [0.2, 0.25) is 0 Å². The predicted molar refractivity (Wildman–Crippen MR) is 109 cm³/mol. The Hall–Kier alpha value is -1.82. The van der Waals surface area contributed by atoms with Crippen molar-refractivity contribution >= 4 is 55.8 Å². The molecule has 1 aromatic heterocycles. The Balaban J connectivity index is 1.49. The summed E-state index contributed by atoms with van der Waals surface area (Å²) in [5.74, 6) is -0.0119. The Morgan fingerprint density at radius 2 is 1.77 bits per heavy atom. The first-order valence-electron chi connectivity index (χ1n) is 8.39. The minimum Gasteiger partial charge on any atom is -0.345 e. The number of hydrogen-bond donors (Lipinski definition) is 0. The lowest BCUT2D eigenvalue weighted by Crippen LogP contribution is -2.48. The summed E-state index contributed by atoms with van der Waals surface area (Å²) >= 11 is 14.0. The molecule has 2 aromatic carbocycles. The Morgan fingerprint density at radius 1 is 1.04 bits per heavy atom. The quantitative estimate of drug-likeness (QED) is 0.609. The smallest absolute Gasteiger partial charge is 0.255 e. The molecule has 1 aliphatic rings. The maximum absolute atomic E-state index is 12.7. The average Bonchev–Trinajstić information content (AvgIpc) is 3.10. The lowest BCUT2D eigenvalue weighted by molar-refractivity contribution is 0.0747. The Kier molecular flexibility index (Phi) is 4.78. The van der Waals surface area contributed by atoms with Gasteiger partial charge in [-0.3, -0.25) is 4.79 Å².